The van der Waals surface area contributed by atoms with Crippen LogP contribution in [0.25, 0.3) is 6.08 Å². The third-order valence-corrected chi connectivity index (χ3v) is 2.06. The lowest BCUT2D eigenvalue weighted by atomic mass is 10.1. The van der Waals surface area contributed by atoms with Gasteiger partial charge in [-0.3, -0.25) is 9.78 Å². The van der Waals surface area contributed by atoms with Gasteiger partial charge < -0.3 is 4.74 Å². The highest BCUT2D eigenvalue weighted by atomic mass is 16.5. The second kappa shape index (κ2) is 6.77. The standard InChI is InChI=1S/C13H17NO2/c1-3-5-12(15)13(16-4-2)10-11-6-8-14-9-7-11/h6-10H,3-5H2,1-2H3. The summed E-state index contributed by atoms with van der Waals surface area (Å²) in [6, 6.07) is 3.69. The van der Waals surface area contributed by atoms with Crippen molar-refractivity contribution in [2.75, 3.05) is 6.61 Å². The van der Waals surface area contributed by atoms with E-state index in [2.05, 4.69) is 4.98 Å². The molecule has 0 saturated heterocycles. The zero-order valence-corrected chi connectivity index (χ0v) is 9.77. The van der Waals surface area contributed by atoms with Crippen LogP contribution in [0.15, 0.2) is 30.3 Å². The van der Waals surface area contributed by atoms with Gasteiger partial charge in [0.2, 0.25) is 0 Å². The van der Waals surface area contributed by atoms with Crippen molar-refractivity contribution in [3.05, 3.63) is 35.8 Å². The van der Waals surface area contributed by atoms with E-state index >= 15 is 0 Å². The van der Waals surface area contributed by atoms with E-state index in [0.29, 0.717) is 18.8 Å². The van der Waals surface area contributed by atoms with Gasteiger partial charge in [-0.05, 0) is 37.1 Å². The van der Waals surface area contributed by atoms with Gasteiger partial charge in [-0.15, -0.1) is 0 Å². The van der Waals surface area contributed by atoms with E-state index in [1.165, 1.54) is 0 Å². The van der Waals surface area contributed by atoms with Crippen LogP contribution in [0.2, 0.25) is 0 Å². The number of rotatable bonds is 6. The predicted molar refractivity (Wildman–Crippen MR) is 63.8 cm³/mol. The Hall–Kier alpha value is -1.64. The summed E-state index contributed by atoms with van der Waals surface area (Å²) in [5, 5.41) is 0. The van der Waals surface area contributed by atoms with Gasteiger partial charge in [0.1, 0.15) is 0 Å². The number of Topliss-reactive ketones (excluding diaryl/α,β-unsaturated/α-hetero) is 1. The van der Waals surface area contributed by atoms with E-state index in [1.807, 2.05) is 26.0 Å². The molecule has 0 saturated carbocycles. The largest absolute Gasteiger partial charge is 0.490 e. The normalized spacial score (nSPS) is 11.2. The Kier molecular flexibility index (Phi) is 5.26. The number of hydrogen-bond acceptors (Lipinski definition) is 3. The summed E-state index contributed by atoms with van der Waals surface area (Å²) in [4.78, 5) is 15.7. The first-order valence-electron chi connectivity index (χ1n) is 5.55. The van der Waals surface area contributed by atoms with E-state index in [-0.39, 0.29) is 5.78 Å². The van der Waals surface area contributed by atoms with Gasteiger partial charge in [0.25, 0.3) is 0 Å². The smallest absolute Gasteiger partial charge is 0.197 e. The van der Waals surface area contributed by atoms with Crippen molar-refractivity contribution in [2.45, 2.75) is 26.7 Å². The molecular formula is C13H17NO2. The van der Waals surface area contributed by atoms with Crippen LogP contribution in [0.1, 0.15) is 32.3 Å². The molecule has 0 amide bonds. The molecule has 0 aliphatic rings. The molecule has 0 N–H and O–H groups in total. The quantitative estimate of drug-likeness (QED) is 0.545. The molecule has 0 unspecified atom stereocenters. The summed E-state index contributed by atoms with van der Waals surface area (Å²) in [6.07, 6.45) is 6.51. The number of allylic oxidation sites excluding steroid dienone is 1. The summed E-state index contributed by atoms with van der Waals surface area (Å²) in [7, 11) is 0. The summed E-state index contributed by atoms with van der Waals surface area (Å²) in [6.45, 7) is 4.36. The fourth-order valence-corrected chi connectivity index (χ4v) is 1.32. The SMILES string of the molecule is CCCC(=O)C(=Cc1ccncc1)OCC. The maximum Gasteiger partial charge on any atom is 0.197 e. The predicted octanol–water partition coefficient (Wildman–Crippen LogP) is 2.83. The number of carbonyl (C=O) groups is 1. The zero-order valence-electron chi connectivity index (χ0n) is 9.77. The Bertz CT molecular complexity index is 357. The third-order valence-electron chi connectivity index (χ3n) is 2.06. The molecule has 1 heterocycles. The lowest BCUT2D eigenvalue weighted by molar-refractivity contribution is -0.118. The number of nitrogens with zero attached hydrogens (tertiary/aromatic N) is 1. The molecule has 0 aliphatic heterocycles. The van der Waals surface area contributed by atoms with Gasteiger partial charge in [-0.25, -0.2) is 0 Å². The van der Waals surface area contributed by atoms with Gasteiger partial charge >= 0.3 is 0 Å². The molecule has 0 spiro atoms. The molecule has 86 valence electrons. The van der Waals surface area contributed by atoms with E-state index in [1.54, 1.807) is 18.5 Å². The Labute approximate surface area is 96.2 Å². The topological polar surface area (TPSA) is 39.2 Å². The van der Waals surface area contributed by atoms with Crippen LogP contribution < -0.4 is 0 Å². The molecule has 3 heteroatoms. The Morgan fingerprint density at radius 2 is 2.06 bits per heavy atom. The molecule has 16 heavy (non-hydrogen) atoms. The minimum atomic E-state index is 0.0566. The fraction of sp³-hybridized carbons (Fsp3) is 0.385. The maximum absolute atomic E-state index is 11.7. The van der Waals surface area contributed by atoms with Crippen molar-refractivity contribution in [3.63, 3.8) is 0 Å². The summed E-state index contributed by atoms with van der Waals surface area (Å²) < 4.78 is 5.35. The number of pyridine rings is 1. The van der Waals surface area contributed by atoms with Crippen LogP contribution in [-0.4, -0.2) is 17.4 Å². The van der Waals surface area contributed by atoms with E-state index in [0.717, 1.165) is 12.0 Å². The molecular weight excluding hydrogens is 202 g/mol. The Morgan fingerprint density at radius 1 is 1.38 bits per heavy atom. The van der Waals surface area contributed by atoms with Gasteiger partial charge in [-0.1, -0.05) is 6.92 Å². The van der Waals surface area contributed by atoms with E-state index in [4.69, 9.17) is 4.74 Å². The first-order chi connectivity index (χ1) is 7.77. The van der Waals surface area contributed by atoms with Crippen LogP contribution in [0, 0.1) is 0 Å². The van der Waals surface area contributed by atoms with Crippen molar-refractivity contribution in [3.8, 4) is 0 Å². The third kappa shape index (κ3) is 3.85. The number of hydrogen-bond donors (Lipinski definition) is 0. The molecule has 0 radical (unpaired) electrons. The second-order valence-electron chi connectivity index (χ2n) is 3.40. The minimum absolute atomic E-state index is 0.0566. The average molecular weight is 219 g/mol. The van der Waals surface area contributed by atoms with Crippen LogP contribution in [0.4, 0.5) is 0 Å². The molecule has 0 aromatic carbocycles. The molecule has 0 bridgehead atoms. The lowest BCUT2D eigenvalue weighted by Crippen LogP contribution is -2.05. The van der Waals surface area contributed by atoms with Gasteiger partial charge in [0, 0.05) is 18.8 Å². The summed E-state index contributed by atoms with van der Waals surface area (Å²) in [5.41, 5.74) is 0.933. The molecule has 0 atom stereocenters. The Morgan fingerprint density at radius 3 is 2.62 bits per heavy atom. The second-order valence-corrected chi connectivity index (χ2v) is 3.40. The highest BCUT2D eigenvalue weighted by Gasteiger charge is 2.09. The zero-order chi connectivity index (χ0) is 11.8. The first kappa shape index (κ1) is 12.4. The summed E-state index contributed by atoms with van der Waals surface area (Å²) in [5.74, 6) is 0.497. The molecule has 3 nitrogen and oxygen atoms in total. The van der Waals surface area contributed by atoms with Crippen molar-refractivity contribution < 1.29 is 9.53 Å². The number of ketones is 1. The lowest BCUT2D eigenvalue weighted by Gasteiger charge is -2.06. The minimum Gasteiger partial charge on any atom is -0.490 e. The molecule has 1 aromatic rings. The molecule has 1 rings (SSSR count). The highest BCUT2D eigenvalue weighted by molar-refractivity contribution is 5.97. The average Bonchev–Trinajstić information content (AvgIpc) is 2.30. The van der Waals surface area contributed by atoms with Crippen LogP contribution in [0.3, 0.4) is 0 Å². The van der Waals surface area contributed by atoms with Gasteiger partial charge in [0.15, 0.2) is 11.5 Å². The molecule has 1 aromatic heterocycles. The van der Waals surface area contributed by atoms with Crippen LogP contribution >= 0.6 is 0 Å². The van der Waals surface area contributed by atoms with E-state index in [9.17, 15) is 4.79 Å². The first-order valence-corrected chi connectivity index (χ1v) is 5.55. The van der Waals surface area contributed by atoms with Crippen LogP contribution in [-0.2, 0) is 9.53 Å². The highest BCUT2D eigenvalue weighted by Crippen LogP contribution is 2.10. The van der Waals surface area contributed by atoms with Crippen molar-refractivity contribution >= 4 is 11.9 Å². The summed E-state index contributed by atoms with van der Waals surface area (Å²) >= 11 is 0. The number of ether oxygens (including phenoxy) is 1. The molecule has 0 fully saturated rings. The van der Waals surface area contributed by atoms with Crippen molar-refractivity contribution in [1.82, 2.24) is 4.98 Å². The number of aromatic nitrogens is 1. The van der Waals surface area contributed by atoms with Crippen LogP contribution in [0.5, 0.6) is 0 Å². The number of carbonyl (C=O) groups excluding carboxylic acids is 1. The fourth-order valence-electron chi connectivity index (χ4n) is 1.32. The molecule has 0 aliphatic carbocycles. The van der Waals surface area contributed by atoms with Gasteiger partial charge in [-0.2, -0.15) is 0 Å². The van der Waals surface area contributed by atoms with Gasteiger partial charge in [0.05, 0.1) is 6.61 Å². The van der Waals surface area contributed by atoms with Crippen molar-refractivity contribution in [1.29, 1.82) is 0 Å². The monoisotopic (exact) mass is 219 g/mol. The Balaban J connectivity index is 2.84. The maximum atomic E-state index is 11.7. The van der Waals surface area contributed by atoms with Crippen molar-refractivity contribution in [2.24, 2.45) is 0 Å². The van der Waals surface area contributed by atoms with E-state index < -0.39 is 0 Å².